The van der Waals surface area contributed by atoms with Crippen LogP contribution in [0.25, 0.3) is 0 Å². The number of benzene rings is 2. The fourth-order valence-corrected chi connectivity index (χ4v) is 3.78. The number of halogens is 2. The first kappa shape index (κ1) is 27.0. The van der Waals surface area contributed by atoms with Crippen LogP contribution in [0.1, 0.15) is 59.1 Å². The largest absolute Gasteiger partial charge is 0.483 e. The summed E-state index contributed by atoms with van der Waals surface area (Å²) >= 11 is 12.4. The summed E-state index contributed by atoms with van der Waals surface area (Å²) < 4.78 is 5.95. The molecule has 0 heterocycles. The summed E-state index contributed by atoms with van der Waals surface area (Å²) in [4.78, 5) is 27.7. The Kier molecular flexibility index (Phi) is 9.62. The van der Waals surface area contributed by atoms with Gasteiger partial charge < -0.3 is 15.0 Å². The van der Waals surface area contributed by atoms with Crippen molar-refractivity contribution in [1.29, 1.82) is 0 Å². The number of rotatable bonds is 9. The number of nitrogens with zero attached hydrogens (tertiary/aromatic N) is 1. The molecule has 0 aromatic heterocycles. The molecule has 33 heavy (non-hydrogen) atoms. The lowest BCUT2D eigenvalue weighted by molar-refractivity contribution is -0.142. The Morgan fingerprint density at radius 3 is 2.36 bits per heavy atom. The van der Waals surface area contributed by atoms with E-state index in [-0.39, 0.29) is 36.4 Å². The number of ether oxygens (including phenoxy) is 1. The molecule has 1 N–H and O–H groups in total. The molecule has 2 atom stereocenters. The first-order valence-electron chi connectivity index (χ1n) is 11.2. The summed E-state index contributed by atoms with van der Waals surface area (Å²) in [6, 6.07) is 12.1. The summed E-state index contributed by atoms with van der Waals surface area (Å²) in [7, 11) is 0. The van der Waals surface area contributed by atoms with E-state index in [0.29, 0.717) is 21.4 Å². The van der Waals surface area contributed by atoms with Crippen molar-refractivity contribution >= 4 is 35.0 Å². The highest BCUT2D eigenvalue weighted by molar-refractivity contribution is 6.35. The third kappa shape index (κ3) is 7.65. The van der Waals surface area contributed by atoms with Crippen LogP contribution in [0.5, 0.6) is 5.75 Å². The summed E-state index contributed by atoms with van der Waals surface area (Å²) in [6.45, 7) is 11.9. The number of hydrogen-bond acceptors (Lipinski definition) is 3. The van der Waals surface area contributed by atoms with Crippen LogP contribution in [0, 0.1) is 0 Å². The van der Waals surface area contributed by atoms with E-state index in [1.807, 2.05) is 38.1 Å². The van der Waals surface area contributed by atoms with E-state index in [1.54, 1.807) is 25.1 Å². The quantitative estimate of drug-likeness (QED) is 0.466. The topological polar surface area (TPSA) is 58.6 Å². The van der Waals surface area contributed by atoms with E-state index in [0.717, 1.165) is 12.0 Å². The molecule has 5 nitrogen and oxygen atoms in total. The standard InChI is InChI=1S/C26H34Cl2N2O3/c1-7-17(2)29-25(32)18(3)30(15-19-12-13-20(27)14-22(19)28)24(31)16-33-23-11-9-8-10-21(23)26(4,5)6/h8-14,17-18H,7,15-16H2,1-6H3,(H,29,32)/t17-,18+/m1/s1. The van der Waals surface area contributed by atoms with Gasteiger partial charge in [0.15, 0.2) is 6.61 Å². The van der Waals surface area contributed by atoms with Crippen molar-refractivity contribution in [3.8, 4) is 5.75 Å². The lowest BCUT2D eigenvalue weighted by Crippen LogP contribution is -2.50. The second kappa shape index (κ2) is 11.8. The predicted molar refractivity (Wildman–Crippen MR) is 135 cm³/mol. The van der Waals surface area contributed by atoms with Crippen LogP contribution >= 0.6 is 23.2 Å². The van der Waals surface area contributed by atoms with Crippen LogP contribution in [0.15, 0.2) is 42.5 Å². The molecule has 0 spiro atoms. The van der Waals surface area contributed by atoms with E-state index in [4.69, 9.17) is 27.9 Å². The molecule has 0 unspecified atom stereocenters. The predicted octanol–water partition coefficient (Wildman–Crippen LogP) is 6.00. The van der Waals surface area contributed by atoms with Crippen molar-refractivity contribution in [3.05, 3.63) is 63.6 Å². The van der Waals surface area contributed by atoms with Crippen molar-refractivity contribution in [2.24, 2.45) is 0 Å². The van der Waals surface area contributed by atoms with Gasteiger partial charge in [0.2, 0.25) is 5.91 Å². The van der Waals surface area contributed by atoms with Gasteiger partial charge in [0.25, 0.3) is 5.91 Å². The molecule has 0 aliphatic rings. The Hall–Kier alpha value is -2.24. The number of amides is 2. The minimum Gasteiger partial charge on any atom is -0.483 e. The van der Waals surface area contributed by atoms with Crippen LogP contribution in [0.2, 0.25) is 10.0 Å². The lowest BCUT2D eigenvalue weighted by atomic mass is 9.86. The molecule has 0 aliphatic carbocycles. The maximum atomic E-state index is 13.3. The highest BCUT2D eigenvalue weighted by Crippen LogP contribution is 2.31. The molecule has 0 radical (unpaired) electrons. The Morgan fingerprint density at radius 1 is 1.09 bits per heavy atom. The molecule has 0 fully saturated rings. The van der Waals surface area contributed by atoms with Gasteiger partial charge in [-0.05, 0) is 55.0 Å². The molecule has 0 bridgehead atoms. The Morgan fingerprint density at radius 2 is 1.76 bits per heavy atom. The minimum absolute atomic E-state index is 0.00549. The summed E-state index contributed by atoms with van der Waals surface area (Å²) in [5.41, 5.74) is 1.57. The molecule has 2 aromatic rings. The maximum Gasteiger partial charge on any atom is 0.261 e. The van der Waals surface area contributed by atoms with Crippen molar-refractivity contribution in [2.75, 3.05) is 6.61 Å². The van der Waals surface area contributed by atoms with Gasteiger partial charge in [-0.3, -0.25) is 9.59 Å². The number of carbonyl (C=O) groups is 2. The van der Waals surface area contributed by atoms with Gasteiger partial charge in [0.05, 0.1) is 0 Å². The van der Waals surface area contributed by atoms with E-state index < -0.39 is 6.04 Å². The molecular formula is C26H34Cl2N2O3. The Bertz CT molecular complexity index is 972. The fourth-order valence-electron chi connectivity index (χ4n) is 3.32. The fraction of sp³-hybridized carbons (Fsp3) is 0.462. The molecule has 2 amide bonds. The van der Waals surface area contributed by atoms with Crippen molar-refractivity contribution in [3.63, 3.8) is 0 Å². The molecule has 0 aliphatic heterocycles. The molecule has 7 heteroatoms. The van der Waals surface area contributed by atoms with Gasteiger partial charge in [-0.15, -0.1) is 0 Å². The lowest BCUT2D eigenvalue weighted by Gasteiger charge is -2.30. The average Bonchev–Trinajstić information content (AvgIpc) is 2.75. The first-order valence-corrected chi connectivity index (χ1v) is 12.0. The van der Waals surface area contributed by atoms with Gasteiger partial charge in [-0.1, -0.05) is 75.2 Å². The van der Waals surface area contributed by atoms with Gasteiger partial charge in [-0.25, -0.2) is 0 Å². The Labute approximate surface area is 207 Å². The van der Waals surface area contributed by atoms with E-state index in [2.05, 4.69) is 26.1 Å². The number of carbonyl (C=O) groups excluding carboxylic acids is 2. The zero-order valence-corrected chi connectivity index (χ0v) is 21.8. The molecule has 0 saturated carbocycles. The van der Waals surface area contributed by atoms with Crippen LogP contribution in [0.4, 0.5) is 0 Å². The van der Waals surface area contributed by atoms with Crippen molar-refractivity contribution < 1.29 is 14.3 Å². The summed E-state index contributed by atoms with van der Waals surface area (Å²) in [5.74, 6) is 0.119. The third-order valence-electron chi connectivity index (χ3n) is 5.57. The van der Waals surface area contributed by atoms with Gasteiger partial charge in [0, 0.05) is 22.6 Å². The molecular weight excluding hydrogens is 459 g/mol. The van der Waals surface area contributed by atoms with Gasteiger partial charge in [-0.2, -0.15) is 0 Å². The average molecular weight is 493 g/mol. The van der Waals surface area contributed by atoms with E-state index in [9.17, 15) is 9.59 Å². The molecule has 180 valence electrons. The monoisotopic (exact) mass is 492 g/mol. The number of nitrogens with one attached hydrogen (secondary N) is 1. The molecule has 0 saturated heterocycles. The first-order chi connectivity index (χ1) is 15.4. The number of para-hydroxylation sites is 1. The zero-order valence-electron chi connectivity index (χ0n) is 20.2. The van der Waals surface area contributed by atoms with Crippen LogP contribution in [0.3, 0.4) is 0 Å². The smallest absolute Gasteiger partial charge is 0.261 e. The number of hydrogen-bond donors (Lipinski definition) is 1. The summed E-state index contributed by atoms with van der Waals surface area (Å²) in [5, 5.41) is 3.89. The van der Waals surface area contributed by atoms with E-state index in [1.165, 1.54) is 4.90 Å². The van der Waals surface area contributed by atoms with E-state index >= 15 is 0 Å². The van der Waals surface area contributed by atoms with Crippen molar-refractivity contribution in [1.82, 2.24) is 10.2 Å². The zero-order chi connectivity index (χ0) is 24.8. The van der Waals surface area contributed by atoms with Crippen molar-refractivity contribution in [2.45, 2.75) is 72.0 Å². The summed E-state index contributed by atoms with van der Waals surface area (Å²) in [6.07, 6.45) is 0.794. The second-order valence-corrected chi connectivity index (χ2v) is 10.1. The van der Waals surface area contributed by atoms with Crippen LogP contribution < -0.4 is 10.1 Å². The Balaban J connectivity index is 2.27. The molecule has 2 rings (SSSR count). The minimum atomic E-state index is -0.709. The van der Waals surface area contributed by atoms with Gasteiger partial charge >= 0.3 is 0 Å². The third-order valence-corrected chi connectivity index (χ3v) is 6.16. The highest BCUT2D eigenvalue weighted by Gasteiger charge is 2.28. The van der Waals surface area contributed by atoms with Crippen LogP contribution in [-0.4, -0.2) is 35.4 Å². The highest BCUT2D eigenvalue weighted by atomic mass is 35.5. The van der Waals surface area contributed by atoms with Gasteiger partial charge in [0.1, 0.15) is 11.8 Å². The SMILES string of the molecule is CC[C@@H](C)NC(=O)[C@H](C)N(Cc1ccc(Cl)cc1Cl)C(=O)COc1ccccc1C(C)(C)C. The molecule has 2 aromatic carbocycles. The second-order valence-electron chi connectivity index (χ2n) is 9.29. The maximum absolute atomic E-state index is 13.3. The normalized spacial score (nSPS) is 13.2. The van der Waals surface area contributed by atoms with Crippen LogP contribution in [-0.2, 0) is 21.5 Å².